The topological polar surface area (TPSA) is 68.0 Å². The Balaban J connectivity index is 1.85. The monoisotopic (exact) mass is 265 g/mol. The van der Waals surface area contributed by atoms with Crippen LogP contribution in [0.15, 0.2) is 10.6 Å². The minimum Gasteiger partial charge on any atom is -0.360 e. The molecule has 1 amide bonds. The van der Waals surface area contributed by atoms with Crippen LogP contribution in [-0.2, 0) is 11.2 Å². The Morgan fingerprint density at radius 1 is 1.44 bits per heavy atom. The molecular formula is C12H15N3O2S. The van der Waals surface area contributed by atoms with Crippen LogP contribution >= 0.6 is 11.3 Å². The first-order chi connectivity index (χ1) is 8.54. The predicted octanol–water partition coefficient (Wildman–Crippen LogP) is 2.63. The second-order valence-electron chi connectivity index (χ2n) is 4.12. The van der Waals surface area contributed by atoms with Crippen LogP contribution in [0.2, 0.25) is 0 Å². The average Bonchev–Trinajstić information content (AvgIpc) is 2.84. The molecule has 0 saturated carbocycles. The third kappa shape index (κ3) is 3.16. The zero-order valence-electron chi connectivity index (χ0n) is 10.6. The maximum absolute atomic E-state index is 11.7. The number of hydrogen-bond acceptors (Lipinski definition) is 5. The van der Waals surface area contributed by atoms with E-state index in [1.54, 1.807) is 24.3 Å². The molecule has 18 heavy (non-hydrogen) atoms. The van der Waals surface area contributed by atoms with E-state index >= 15 is 0 Å². The van der Waals surface area contributed by atoms with Crippen LogP contribution in [0, 0.1) is 20.8 Å². The molecule has 0 fully saturated rings. The lowest BCUT2D eigenvalue weighted by atomic mass is 10.3. The highest BCUT2D eigenvalue weighted by atomic mass is 32.1. The normalized spacial score (nSPS) is 10.6. The van der Waals surface area contributed by atoms with Crippen LogP contribution < -0.4 is 5.32 Å². The minimum absolute atomic E-state index is 0.0752. The summed E-state index contributed by atoms with van der Waals surface area (Å²) in [6, 6.07) is 1.69. The number of rotatable bonds is 4. The fourth-order valence-electron chi connectivity index (χ4n) is 1.50. The molecule has 0 aromatic carbocycles. The van der Waals surface area contributed by atoms with Gasteiger partial charge in [-0.2, -0.15) is 0 Å². The van der Waals surface area contributed by atoms with Crippen molar-refractivity contribution < 1.29 is 9.32 Å². The molecule has 2 aromatic heterocycles. The van der Waals surface area contributed by atoms with E-state index in [-0.39, 0.29) is 5.91 Å². The summed E-state index contributed by atoms with van der Waals surface area (Å²) in [5.74, 6) is 1.06. The van der Waals surface area contributed by atoms with Crippen LogP contribution in [-0.4, -0.2) is 16.0 Å². The van der Waals surface area contributed by atoms with Gasteiger partial charge in [-0.25, -0.2) is 4.98 Å². The summed E-state index contributed by atoms with van der Waals surface area (Å²) in [6.45, 7) is 5.80. The third-order valence-corrected chi connectivity index (χ3v) is 3.67. The van der Waals surface area contributed by atoms with Gasteiger partial charge in [-0.15, -0.1) is 11.3 Å². The number of anilines is 1. The molecule has 96 valence electrons. The molecule has 2 rings (SSSR count). The van der Waals surface area contributed by atoms with Gasteiger partial charge < -0.3 is 9.84 Å². The van der Waals surface area contributed by atoms with Crippen LogP contribution in [0.3, 0.4) is 0 Å². The Hall–Kier alpha value is -1.69. The zero-order chi connectivity index (χ0) is 13.1. The highest BCUT2D eigenvalue weighted by Gasteiger charge is 2.09. The number of carbonyl (C=O) groups is 1. The second-order valence-corrected chi connectivity index (χ2v) is 5.41. The number of hydrogen-bond donors (Lipinski definition) is 1. The first-order valence-electron chi connectivity index (χ1n) is 5.70. The van der Waals surface area contributed by atoms with Gasteiger partial charge in [-0.05, 0) is 20.8 Å². The van der Waals surface area contributed by atoms with Crippen molar-refractivity contribution in [1.82, 2.24) is 10.1 Å². The Morgan fingerprint density at radius 2 is 2.22 bits per heavy atom. The standard InChI is InChI=1S/C12H15N3O2S/c1-7-6-10(15-17-7)14-11(16)4-5-12-13-8(2)9(3)18-12/h6H,4-5H2,1-3H3,(H,14,15,16). The molecule has 0 bridgehead atoms. The summed E-state index contributed by atoms with van der Waals surface area (Å²) in [7, 11) is 0. The lowest BCUT2D eigenvalue weighted by Crippen LogP contribution is -2.12. The Kier molecular flexibility index (Phi) is 3.76. The van der Waals surface area contributed by atoms with E-state index in [4.69, 9.17) is 4.52 Å². The average molecular weight is 265 g/mol. The Bertz CT molecular complexity index is 540. The highest BCUT2D eigenvalue weighted by molar-refractivity contribution is 7.11. The number of aryl methyl sites for hydroxylation is 4. The van der Waals surface area contributed by atoms with Crippen molar-refractivity contribution in [1.29, 1.82) is 0 Å². The molecule has 5 nitrogen and oxygen atoms in total. The SMILES string of the molecule is Cc1cc(NC(=O)CCc2nc(C)c(C)s2)no1. The lowest BCUT2D eigenvalue weighted by Gasteiger charge is -1.98. The quantitative estimate of drug-likeness (QED) is 0.922. The van der Waals surface area contributed by atoms with Crippen molar-refractivity contribution in [3.05, 3.63) is 27.4 Å². The van der Waals surface area contributed by atoms with E-state index in [1.807, 2.05) is 13.8 Å². The zero-order valence-corrected chi connectivity index (χ0v) is 11.4. The lowest BCUT2D eigenvalue weighted by molar-refractivity contribution is -0.116. The number of nitrogens with zero attached hydrogens (tertiary/aromatic N) is 2. The summed E-state index contributed by atoms with van der Waals surface area (Å²) in [5.41, 5.74) is 1.04. The third-order valence-electron chi connectivity index (χ3n) is 2.53. The predicted molar refractivity (Wildman–Crippen MR) is 69.8 cm³/mol. The van der Waals surface area contributed by atoms with Crippen LogP contribution in [0.4, 0.5) is 5.82 Å². The van der Waals surface area contributed by atoms with Gasteiger partial charge in [0, 0.05) is 23.8 Å². The molecule has 0 saturated heterocycles. The van der Waals surface area contributed by atoms with Gasteiger partial charge in [0.1, 0.15) is 5.76 Å². The molecule has 0 radical (unpaired) electrons. The van der Waals surface area contributed by atoms with E-state index in [0.29, 0.717) is 24.4 Å². The van der Waals surface area contributed by atoms with E-state index in [9.17, 15) is 4.79 Å². The summed E-state index contributed by atoms with van der Waals surface area (Å²) in [6.07, 6.45) is 1.06. The fraction of sp³-hybridized carbons (Fsp3) is 0.417. The van der Waals surface area contributed by atoms with Crippen molar-refractivity contribution in [2.24, 2.45) is 0 Å². The molecule has 0 aliphatic rings. The molecule has 2 heterocycles. The number of amides is 1. The molecule has 0 aliphatic heterocycles. The van der Waals surface area contributed by atoms with E-state index in [2.05, 4.69) is 15.5 Å². The van der Waals surface area contributed by atoms with Crippen LogP contribution in [0.1, 0.15) is 27.8 Å². The number of thiazole rings is 1. The van der Waals surface area contributed by atoms with E-state index in [0.717, 1.165) is 10.7 Å². The first kappa shape index (κ1) is 12.8. The molecule has 6 heteroatoms. The fourth-order valence-corrected chi connectivity index (χ4v) is 2.43. The molecule has 0 unspecified atom stereocenters. The maximum Gasteiger partial charge on any atom is 0.226 e. The van der Waals surface area contributed by atoms with Crippen molar-refractivity contribution in [2.45, 2.75) is 33.6 Å². The van der Waals surface area contributed by atoms with Crippen molar-refractivity contribution >= 4 is 23.1 Å². The number of carbonyl (C=O) groups excluding carboxylic acids is 1. The second kappa shape index (κ2) is 5.30. The highest BCUT2D eigenvalue weighted by Crippen LogP contribution is 2.18. The Morgan fingerprint density at radius 3 is 2.78 bits per heavy atom. The van der Waals surface area contributed by atoms with Gasteiger partial charge in [0.05, 0.1) is 10.7 Å². The van der Waals surface area contributed by atoms with E-state index in [1.165, 1.54) is 4.88 Å². The van der Waals surface area contributed by atoms with Gasteiger partial charge in [0.15, 0.2) is 5.82 Å². The Labute approximate surface area is 109 Å². The van der Waals surface area contributed by atoms with Gasteiger partial charge in [-0.3, -0.25) is 4.79 Å². The van der Waals surface area contributed by atoms with Gasteiger partial charge in [0.25, 0.3) is 0 Å². The largest absolute Gasteiger partial charge is 0.360 e. The van der Waals surface area contributed by atoms with Crippen molar-refractivity contribution in [3.63, 3.8) is 0 Å². The molecule has 0 aliphatic carbocycles. The molecule has 0 spiro atoms. The maximum atomic E-state index is 11.7. The van der Waals surface area contributed by atoms with Gasteiger partial charge in [0.2, 0.25) is 5.91 Å². The first-order valence-corrected chi connectivity index (χ1v) is 6.52. The van der Waals surface area contributed by atoms with Crippen molar-refractivity contribution in [2.75, 3.05) is 5.32 Å². The molecule has 1 N–H and O–H groups in total. The minimum atomic E-state index is -0.0752. The van der Waals surface area contributed by atoms with Crippen LogP contribution in [0.5, 0.6) is 0 Å². The smallest absolute Gasteiger partial charge is 0.226 e. The van der Waals surface area contributed by atoms with Crippen molar-refractivity contribution in [3.8, 4) is 0 Å². The molecule has 2 aromatic rings. The van der Waals surface area contributed by atoms with Crippen LogP contribution in [0.25, 0.3) is 0 Å². The van der Waals surface area contributed by atoms with E-state index < -0.39 is 0 Å². The summed E-state index contributed by atoms with van der Waals surface area (Å²) >= 11 is 1.64. The number of nitrogens with one attached hydrogen (secondary N) is 1. The summed E-state index contributed by atoms with van der Waals surface area (Å²) < 4.78 is 4.87. The van der Waals surface area contributed by atoms with Gasteiger partial charge in [-0.1, -0.05) is 5.16 Å². The molecular weight excluding hydrogens is 250 g/mol. The van der Waals surface area contributed by atoms with Gasteiger partial charge >= 0.3 is 0 Å². The molecule has 0 atom stereocenters. The summed E-state index contributed by atoms with van der Waals surface area (Å²) in [5, 5.41) is 7.39. The number of aromatic nitrogens is 2. The summed E-state index contributed by atoms with van der Waals surface area (Å²) in [4.78, 5) is 17.3.